The number of hydrogen-bond acceptors (Lipinski definition) is 6. The molecule has 0 N–H and O–H groups in total. The van der Waals surface area contributed by atoms with Crippen LogP contribution in [0.5, 0.6) is 0 Å². The maximum atomic E-state index is 13.2. The number of carbonyl (C=O) groups excluding carboxylic acids is 4. The van der Waals surface area contributed by atoms with Gasteiger partial charge in [0.2, 0.25) is 11.8 Å². The molecule has 9 heteroatoms. The number of halogens is 1. The summed E-state index contributed by atoms with van der Waals surface area (Å²) >= 11 is 6.13. The van der Waals surface area contributed by atoms with Gasteiger partial charge in [0.05, 0.1) is 12.3 Å². The summed E-state index contributed by atoms with van der Waals surface area (Å²) in [6, 6.07) is 4.76. The molecule has 0 aliphatic carbocycles. The number of imide groups is 1. The van der Waals surface area contributed by atoms with Crippen molar-refractivity contribution in [2.75, 3.05) is 11.5 Å². The lowest BCUT2D eigenvalue weighted by Gasteiger charge is -2.28. The Labute approximate surface area is 160 Å². The van der Waals surface area contributed by atoms with E-state index in [-0.39, 0.29) is 18.0 Å². The van der Waals surface area contributed by atoms with Crippen molar-refractivity contribution in [2.24, 2.45) is 11.0 Å². The number of rotatable bonds is 3. The van der Waals surface area contributed by atoms with Crippen LogP contribution in [0.1, 0.15) is 26.3 Å². The Morgan fingerprint density at radius 2 is 2.00 bits per heavy atom. The van der Waals surface area contributed by atoms with E-state index in [1.165, 1.54) is 19.9 Å². The predicted molar refractivity (Wildman–Crippen MR) is 97.2 cm³/mol. The lowest BCUT2D eigenvalue weighted by atomic mass is 9.85. The molecule has 2 heterocycles. The number of carbonyl (C=O) groups is 4. The minimum Gasteiger partial charge on any atom is -0.461 e. The minimum atomic E-state index is -1.64. The van der Waals surface area contributed by atoms with Crippen molar-refractivity contribution in [3.8, 4) is 0 Å². The SMILES string of the molecule is CCOC(=O)C1=NN(C(C)=O)C2(C)C(=O)N(c3ccc(C)c(Cl)c3)C(=O)C12. The Morgan fingerprint density at radius 1 is 1.33 bits per heavy atom. The first-order chi connectivity index (χ1) is 12.6. The van der Waals surface area contributed by atoms with Crippen LogP contribution in [0.15, 0.2) is 23.3 Å². The van der Waals surface area contributed by atoms with E-state index >= 15 is 0 Å². The van der Waals surface area contributed by atoms with Gasteiger partial charge in [0.15, 0.2) is 11.3 Å². The van der Waals surface area contributed by atoms with Crippen LogP contribution in [-0.2, 0) is 23.9 Å². The van der Waals surface area contributed by atoms with E-state index in [4.69, 9.17) is 16.3 Å². The molecule has 3 amide bonds. The van der Waals surface area contributed by atoms with Gasteiger partial charge in [-0.05, 0) is 38.5 Å². The van der Waals surface area contributed by atoms with Crippen molar-refractivity contribution in [3.05, 3.63) is 28.8 Å². The molecule has 1 fully saturated rings. The van der Waals surface area contributed by atoms with Gasteiger partial charge in [-0.3, -0.25) is 14.4 Å². The zero-order chi connectivity index (χ0) is 20.1. The van der Waals surface area contributed by atoms with Crippen molar-refractivity contribution >= 4 is 46.7 Å². The van der Waals surface area contributed by atoms with E-state index < -0.39 is 35.1 Å². The fourth-order valence-corrected chi connectivity index (χ4v) is 3.59. The molecule has 2 aliphatic rings. The Hall–Kier alpha value is -2.74. The molecule has 0 bridgehead atoms. The van der Waals surface area contributed by atoms with Crippen LogP contribution in [-0.4, -0.2) is 46.6 Å². The molecule has 0 saturated carbocycles. The fourth-order valence-electron chi connectivity index (χ4n) is 3.41. The van der Waals surface area contributed by atoms with Gasteiger partial charge in [0, 0.05) is 11.9 Å². The number of ether oxygens (including phenoxy) is 1. The molecule has 2 aliphatic heterocycles. The average molecular weight is 392 g/mol. The molecule has 1 saturated heterocycles. The lowest BCUT2D eigenvalue weighted by molar-refractivity contribution is -0.142. The molecule has 0 aromatic heterocycles. The number of esters is 1. The highest BCUT2D eigenvalue weighted by molar-refractivity contribution is 6.47. The van der Waals surface area contributed by atoms with E-state index in [2.05, 4.69) is 5.10 Å². The van der Waals surface area contributed by atoms with Crippen LogP contribution >= 0.6 is 11.6 Å². The lowest BCUT2D eigenvalue weighted by Crippen LogP contribution is -2.52. The summed E-state index contributed by atoms with van der Waals surface area (Å²) in [6.07, 6.45) is 0. The van der Waals surface area contributed by atoms with Gasteiger partial charge in [-0.15, -0.1) is 0 Å². The number of hydrazone groups is 1. The van der Waals surface area contributed by atoms with Crippen molar-refractivity contribution in [2.45, 2.75) is 33.2 Å². The summed E-state index contributed by atoms with van der Waals surface area (Å²) < 4.78 is 4.96. The van der Waals surface area contributed by atoms with Crippen LogP contribution in [0.3, 0.4) is 0 Å². The third-order valence-corrected chi connectivity index (χ3v) is 5.19. The highest BCUT2D eigenvalue weighted by atomic mass is 35.5. The first-order valence-corrected chi connectivity index (χ1v) is 8.73. The maximum Gasteiger partial charge on any atom is 0.355 e. The van der Waals surface area contributed by atoms with Gasteiger partial charge in [-0.2, -0.15) is 5.10 Å². The Morgan fingerprint density at radius 3 is 2.56 bits per heavy atom. The molecule has 0 spiro atoms. The topological polar surface area (TPSA) is 96.3 Å². The molecule has 27 heavy (non-hydrogen) atoms. The van der Waals surface area contributed by atoms with E-state index in [9.17, 15) is 19.2 Å². The van der Waals surface area contributed by atoms with Crippen molar-refractivity contribution in [1.82, 2.24) is 5.01 Å². The molecular formula is C18H18ClN3O5. The van der Waals surface area contributed by atoms with E-state index in [0.717, 1.165) is 15.5 Å². The number of benzene rings is 1. The normalized spacial score (nSPS) is 24.2. The second-order valence-electron chi connectivity index (χ2n) is 6.53. The molecule has 142 valence electrons. The van der Waals surface area contributed by atoms with Crippen molar-refractivity contribution < 1.29 is 23.9 Å². The summed E-state index contributed by atoms with van der Waals surface area (Å²) in [5.41, 5.74) is -0.843. The molecule has 1 aromatic rings. The third kappa shape index (κ3) is 2.63. The minimum absolute atomic E-state index is 0.0702. The maximum absolute atomic E-state index is 13.2. The van der Waals surface area contributed by atoms with Gasteiger partial charge in [0.25, 0.3) is 5.91 Å². The highest BCUT2D eigenvalue weighted by Crippen LogP contribution is 2.44. The van der Waals surface area contributed by atoms with Gasteiger partial charge >= 0.3 is 5.97 Å². The Bertz CT molecular complexity index is 912. The van der Waals surface area contributed by atoms with Gasteiger partial charge in [0.1, 0.15) is 5.92 Å². The van der Waals surface area contributed by atoms with Gasteiger partial charge < -0.3 is 4.74 Å². The first kappa shape index (κ1) is 19.0. The van der Waals surface area contributed by atoms with Crippen LogP contribution in [0.2, 0.25) is 5.02 Å². The Balaban J connectivity index is 2.12. The number of fused-ring (bicyclic) bond motifs is 1. The van der Waals surface area contributed by atoms with Gasteiger partial charge in [-0.1, -0.05) is 17.7 Å². The standard InChI is InChI=1S/C18H18ClN3O5/c1-5-27-16(25)14-13-15(24)21(11-7-6-9(2)12(19)8-11)17(26)18(13,4)22(20-14)10(3)23/h6-8,13H,5H2,1-4H3. The number of hydrogen-bond donors (Lipinski definition) is 0. The summed E-state index contributed by atoms with van der Waals surface area (Å²) in [5.74, 6) is -3.95. The van der Waals surface area contributed by atoms with Crippen LogP contribution < -0.4 is 4.90 Å². The largest absolute Gasteiger partial charge is 0.461 e. The summed E-state index contributed by atoms with van der Waals surface area (Å²) in [4.78, 5) is 51.6. The van der Waals surface area contributed by atoms with E-state index in [1.54, 1.807) is 26.0 Å². The molecular weight excluding hydrogens is 374 g/mol. The average Bonchev–Trinajstić information content (AvgIpc) is 3.01. The quantitative estimate of drug-likeness (QED) is 0.577. The molecule has 2 unspecified atom stereocenters. The summed E-state index contributed by atoms with van der Waals surface area (Å²) in [6.45, 7) is 6.10. The monoisotopic (exact) mass is 391 g/mol. The van der Waals surface area contributed by atoms with Gasteiger partial charge in [-0.25, -0.2) is 14.7 Å². The van der Waals surface area contributed by atoms with Crippen molar-refractivity contribution in [3.63, 3.8) is 0 Å². The second kappa shape index (κ2) is 6.45. The van der Waals surface area contributed by atoms with E-state index in [0.29, 0.717) is 5.02 Å². The van der Waals surface area contributed by atoms with Crippen LogP contribution in [0, 0.1) is 12.8 Å². The third-order valence-electron chi connectivity index (χ3n) is 4.78. The molecule has 0 radical (unpaired) electrons. The highest BCUT2D eigenvalue weighted by Gasteiger charge is 2.67. The smallest absolute Gasteiger partial charge is 0.355 e. The second-order valence-corrected chi connectivity index (χ2v) is 6.94. The Kier molecular flexibility index (Phi) is 4.55. The number of anilines is 1. The first-order valence-electron chi connectivity index (χ1n) is 8.35. The molecule has 2 atom stereocenters. The molecule has 8 nitrogen and oxygen atoms in total. The molecule has 1 aromatic carbocycles. The van der Waals surface area contributed by atoms with Crippen LogP contribution in [0.4, 0.5) is 5.69 Å². The molecule has 3 rings (SSSR count). The number of aryl methyl sites for hydroxylation is 1. The van der Waals surface area contributed by atoms with Crippen LogP contribution in [0.25, 0.3) is 0 Å². The predicted octanol–water partition coefficient (Wildman–Crippen LogP) is 1.68. The van der Waals surface area contributed by atoms with E-state index in [1.807, 2.05) is 0 Å². The zero-order valence-corrected chi connectivity index (χ0v) is 16.0. The number of amides is 3. The summed E-state index contributed by atoms with van der Waals surface area (Å²) in [7, 11) is 0. The summed E-state index contributed by atoms with van der Waals surface area (Å²) in [5, 5.41) is 5.23. The number of nitrogens with zero attached hydrogens (tertiary/aromatic N) is 3. The zero-order valence-electron chi connectivity index (χ0n) is 15.3. The van der Waals surface area contributed by atoms with Crippen molar-refractivity contribution in [1.29, 1.82) is 0 Å². The fraction of sp³-hybridized carbons (Fsp3) is 0.389.